The fraction of sp³-hybridized carbons (Fsp3) is 0.733. The van der Waals surface area contributed by atoms with E-state index in [0.717, 1.165) is 49.7 Å². The maximum atomic E-state index is 13.2. The highest BCUT2D eigenvalue weighted by Crippen LogP contribution is 2.21. The Hall–Kier alpha value is -1.56. The summed E-state index contributed by atoms with van der Waals surface area (Å²) in [4.78, 5) is 42.3. The van der Waals surface area contributed by atoms with Crippen molar-refractivity contribution in [1.82, 2.24) is 9.88 Å². The third-order valence-electron chi connectivity index (χ3n) is 7.01. The number of unbranched alkanes of at least 4 members (excludes halogenated alkanes) is 8. The number of rotatable bonds is 19. The molecule has 1 aromatic rings. The van der Waals surface area contributed by atoms with Crippen LogP contribution in [-0.2, 0) is 9.53 Å². The summed E-state index contributed by atoms with van der Waals surface area (Å²) in [6, 6.07) is 3.26. The molecule has 0 bridgehead atoms. The van der Waals surface area contributed by atoms with Gasteiger partial charge >= 0.3 is 18.0 Å². The Morgan fingerprint density at radius 3 is 1.95 bits per heavy atom. The minimum absolute atomic E-state index is 0. The van der Waals surface area contributed by atoms with Crippen molar-refractivity contribution in [2.75, 3.05) is 68.5 Å². The molecule has 0 spiro atoms. The fourth-order valence-corrected chi connectivity index (χ4v) is 4.23. The van der Waals surface area contributed by atoms with E-state index in [1.807, 2.05) is 14.1 Å². The molecule has 0 saturated carbocycles. The first-order chi connectivity index (χ1) is 18.4. The molecule has 0 saturated heterocycles. The van der Waals surface area contributed by atoms with E-state index in [-0.39, 0.29) is 61.8 Å². The van der Waals surface area contributed by atoms with Crippen LogP contribution in [0.5, 0.6) is 5.75 Å². The van der Waals surface area contributed by atoms with E-state index in [0.29, 0.717) is 19.6 Å². The third-order valence-corrected chi connectivity index (χ3v) is 7.01. The number of hydrogen-bond donors (Lipinski definition) is 0. The smallest absolute Gasteiger partial charge is 0.414 e. The Morgan fingerprint density at radius 1 is 0.829 bits per heavy atom. The molecule has 1 aromatic heterocycles. The number of likely N-dealkylation sites (N-methyl/N-ethyl adjacent to an activating group) is 1. The summed E-state index contributed by atoms with van der Waals surface area (Å²) in [6.07, 6.45) is 12.7. The predicted molar refractivity (Wildman–Crippen MR) is 155 cm³/mol. The quantitative estimate of drug-likeness (QED) is 0.107. The Morgan fingerprint density at radius 2 is 1.39 bits per heavy atom. The Balaban J connectivity index is 0. The summed E-state index contributed by atoms with van der Waals surface area (Å²) < 4.78 is 11.8. The molecule has 0 N–H and O–H groups in total. The number of carbonyl (C=O) groups is 3. The van der Waals surface area contributed by atoms with Crippen molar-refractivity contribution >= 4 is 18.0 Å². The average Bonchev–Trinajstić information content (AvgIpc) is 2.88. The van der Waals surface area contributed by atoms with Crippen LogP contribution >= 0.6 is 0 Å². The number of ether oxygens (including phenoxy) is 2. The van der Waals surface area contributed by atoms with Gasteiger partial charge in [-0.1, -0.05) is 39.0 Å². The van der Waals surface area contributed by atoms with Crippen molar-refractivity contribution in [1.29, 1.82) is 0 Å². The lowest BCUT2D eigenvalue weighted by Gasteiger charge is -2.29. The summed E-state index contributed by atoms with van der Waals surface area (Å²) in [5, 5.41) is 0. The minimum Gasteiger partial charge on any atom is -1.00 e. The van der Waals surface area contributed by atoms with Gasteiger partial charge in [-0.15, -0.1) is 0 Å². The molecule has 2 amide bonds. The van der Waals surface area contributed by atoms with Crippen LogP contribution in [0.1, 0.15) is 88.0 Å². The van der Waals surface area contributed by atoms with Crippen molar-refractivity contribution < 1.29 is 66.8 Å². The van der Waals surface area contributed by atoms with Gasteiger partial charge in [-0.25, -0.2) is 14.6 Å². The number of quaternary nitrogens is 2. The van der Waals surface area contributed by atoms with Gasteiger partial charge in [0.15, 0.2) is 5.75 Å². The largest absolute Gasteiger partial charge is 1.00 e. The first-order valence-corrected chi connectivity index (χ1v) is 14.6. The number of pyridine rings is 1. The first kappa shape index (κ1) is 41.6. The molecule has 0 radical (unpaired) electrons. The fourth-order valence-electron chi connectivity index (χ4n) is 4.23. The summed E-state index contributed by atoms with van der Waals surface area (Å²) in [5.41, 5.74) is 0.187. The molecule has 0 aliphatic carbocycles. The first-order valence-electron chi connectivity index (χ1n) is 14.6. The van der Waals surface area contributed by atoms with E-state index in [4.69, 9.17) is 9.47 Å². The van der Waals surface area contributed by atoms with E-state index >= 15 is 0 Å². The van der Waals surface area contributed by atoms with Crippen molar-refractivity contribution in [3.8, 4) is 5.75 Å². The molecule has 1 heterocycles. The number of hydrogen-bond acceptors (Lipinski definition) is 6. The van der Waals surface area contributed by atoms with Gasteiger partial charge in [0.1, 0.15) is 13.2 Å². The second-order valence-corrected chi connectivity index (χ2v) is 11.9. The number of aromatic nitrogens is 1. The Bertz CT molecular complexity index is 897. The monoisotopic (exact) mass is 708 g/mol. The van der Waals surface area contributed by atoms with Crippen LogP contribution in [0.15, 0.2) is 18.3 Å². The molecule has 0 fully saturated rings. The number of amides is 2. The Kier molecular flexibility index (Phi) is 22.4. The SMILES string of the molecule is CCCCC(=O)OCC[N+](C)(C)CCCCCCCCCC[N+](C)(C)C(=O)c1ncccc1OC(=O)N(C)C.[Br-].[Br-]. The van der Waals surface area contributed by atoms with Crippen LogP contribution in [0, 0.1) is 0 Å². The topological polar surface area (TPSA) is 85.8 Å². The normalized spacial score (nSPS) is 11.2. The van der Waals surface area contributed by atoms with Gasteiger partial charge in [0.2, 0.25) is 5.69 Å². The van der Waals surface area contributed by atoms with Gasteiger partial charge < -0.3 is 52.8 Å². The number of esters is 1. The lowest BCUT2D eigenvalue weighted by atomic mass is 10.1. The van der Waals surface area contributed by atoms with E-state index in [9.17, 15) is 14.4 Å². The molecule has 0 unspecified atom stereocenters. The summed E-state index contributed by atoms with van der Waals surface area (Å²) in [6.45, 7) is 5.24. The highest BCUT2D eigenvalue weighted by molar-refractivity contribution is 5.90. The maximum absolute atomic E-state index is 13.2. The van der Waals surface area contributed by atoms with Gasteiger partial charge in [-0.05, 0) is 44.2 Å². The second kappa shape index (κ2) is 22.0. The summed E-state index contributed by atoms with van der Waals surface area (Å²) in [5.74, 6) is -0.0372. The zero-order valence-electron chi connectivity index (χ0n) is 26.4. The van der Waals surface area contributed by atoms with Gasteiger partial charge in [0.05, 0.1) is 41.3 Å². The average molecular weight is 711 g/mol. The van der Waals surface area contributed by atoms with Crippen molar-refractivity contribution in [3.63, 3.8) is 0 Å². The van der Waals surface area contributed by atoms with E-state index < -0.39 is 6.09 Å². The zero-order valence-corrected chi connectivity index (χ0v) is 29.6. The standard InChI is InChI=1S/C30H54N4O5.2BrH/c1-8-9-20-27(35)38-25-24-33(4,5)22-16-14-12-10-11-13-15-17-23-34(6,7)29(36)28-26(19-18-21-31-28)39-30(37)32(2)3;;/h18-19,21H,8-17,20,22-25H2,1-7H3;2*1H/q+2;;/p-2. The molecule has 41 heavy (non-hydrogen) atoms. The van der Waals surface area contributed by atoms with Gasteiger partial charge in [-0.3, -0.25) is 9.28 Å². The van der Waals surface area contributed by atoms with Gasteiger partial charge in [0.25, 0.3) is 0 Å². The lowest BCUT2D eigenvalue weighted by Crippen LogP contribution is -3.00. The number of carbonyl (C=O) groups excluding carboxylic acids is 3. The van der Waals surface area contributed by atoms with Crippen LogP contribution in [0.25, 0.3) is 0 Å². The highest BCUT2D eigenvalue weighted by atomic mass is 79.9. The summed E-state index contributed by atoms with van der Waals surface area (Å²) >= 11 is 0. The van der Waals surface area contributed by atoms with E-state index in [1.54, 1.807) is 32.4 Å². The second-order valence-electron chi connectivity index (χ2n) is 11.9. The summed E-state index contributed by atoms with van der Waals surface area (Å²) in [7, 11) is 11.4. The molecule has 0 aliphatic rings. The van der Waals surface area contributed by atoms with Crippen molar-refractivity contribution in [2.24, 2.45) is 0 Å². The molecule has 0 aliphatic heterocycles. The zero-order chi connectivity index (χ0) is 29.3. The highest BCUT2D eigenvalue weighted by Gasteiger charge is 2.32. The molecular weight excluding hydrogens is 656 g/mol. The Labute approximate surface area is 269 Å². The van der Waals surface area contributed by atoms with Crippen LogP contribution in [0.3, 0.4) is 0 Å². The molecule has 11 heteroatoms. The van der Waals surface area contributed by atoms with Crippen molar-refractivity contribution in [2.45, 2.75) is 77.6 Å². The maximum Gasteiger partial charge on any atom is 0.414 e. The van der Waals surface area contributed by atoms with Crippen molar-refractivity contribution in [3.05, 3.63) is 24.0 Å². The van der Waals surface area contributed by atoms with E-state index in [1.165, 1.54) is 37.0 Å². The molecule has 9 nitrogen and oxygen atoms in total. The van der Waals surface area contributed by atoms with Crippen LogP contribution in [-0.4, -0.2) is 105 Å². The molecule has 0 aromatic carbocycles. The molecule has 238 valence electrons. The molecule has 1 rings (SSSR count). The van der Waals surface area contributed by atoms with Gasteiger partial charge in [0, 0.05) is 26.7 Å². The van der Waals surface area contributed by atoms with E-state index in [2.05, 4.69) is 26.0 Å². The van der Waals surface area contributed by atoms with Crippen LogP contribution < -0.4 is 38.7 Å². The third kappa shape index (κ3) is 17.9. The minimum atomic E-state index is -0.536. The molecular formula is C30H54Br2N4O5. The number of halogens is 2. The molecule has 0 atom stereocenters. The predicted octanol–water partition coefficient (Wildman–Crippen LogP) is -0.703. The number of nitrogens with zero attached hydrogens (tertiary/aromatic N) is 4. The van der Waals surface area contributed by atoms with Crippen LogP contribution in [0.2, 0.25) is 0 Å². The van der Waals surface area contributed by atoms with Gasteiger partial charge in [-0.2, -0.15) is 0 Å². The van der Waals surface area contributed by atoms with Crippen LogP contribution in [0.4, 0.5) is 4.79 Å². The lowest BCUT2D eigenvalue weighted by molar-refractivity contribution is -0.890.